The molecule has 0 bridgehead atoms. The van der Waals surface area contributed by atoms with Gasteiger partial charge in [-0.15, -0.1) is 16.5 Å². The smallest absolute Gasteiger partial charge is 0.165 e. The largest absolute Gasteiger partial charge is 0.264 e. The molecule has 2 aromatic heterocycles. The van der Waals surface area contributed by atoms with E-state index in [4.69, 9.17) is 4.98 Å². The Morgan fingerprint density at radius 2 is 2.00 bits per heavy atom. The minimum Gasteiger partial charge on any atom is -0.264 e. The predicted octanol–water partition coefficient (Wildman–Crippen LogP) is 3.30. The molecule has 2 aliphatic heterocycles. The number of aliphatic imine (C=N–C) groups is 1. The summed E-state index contributed by atoms with van der Waals surface area (Å²) in [4.78, 5) is 11.4. The van der Waals surface area contributed by atoms with Crippen molar-refractivity contribution in [1.29, 1.82) is 0 Å². The highest BCUT2D eigenvalue weighted by Gasteiger charge is 2.29. The summed E-state index contributed by atoms with van der Waals surface area (Å²) in [5.74, 6) is 0.961. The van der Waals surface area contributed by atoms with Crippen molar-refractivity contribution in [2.45, 2.75) is 20.8 Å². The lowest BCUT2D eigenvalue weighted by Gasteiger charge is -2.15. The molecule has 19 heavy (non-hydrogen) atoms. The van der Waals surface area contributed by atoms with Gasteiger partial charge in [0, 0.05) is 11.1 Å². The van der Waals surface area contributed by atoms with Crippen molar-refractivity contribution in [3.8, 4) is 0 Å². The molecule has 5 nitrogen and oxygen atoms in total. The Labute approximate surface area is 114 Å². The lowest BCUT2D eigenvalue weighted by Crippen LogP contribution is -2.23. The van der Waals surface area contributed by atoms with Crippen LogP contribution in [0.15, 0.2) is 15.3 Å². The molecule has 6 heteroatoms. The van der Waals surface area contributed by atoms with Gasteiger partial charge in [-0.3, -0.25) is 4.99 Å². The van der Waals surface area contributed by atoms with E-state index in [0.29, 0.717) is 0 Å². The number of nitrogens with zero attached hydrogens (tertiary/aromatic N) is 5. The first-order chi connectivity index (χ1) is 9.16. The van der Waals surface area contributed by atoms with E-state index in [9.17, 15) is 0 Å². The highest BCUT2D eigenvalue weighted by atomic mass is 32.1. The fourth-order valence-electron chi connectivity index (χ4n) is 2.58. The molecule has 4 rings (SSSR count). The summed E-state index contributed by atoms with van der Waals surface area (Å²) in [6.07, 6.45) is 0. The molecular weight excluding hydrogens is 258 g/mol. The topological polar surface area (TPSA) is 53.2 Å². The van der Waals surface area contributed by atoms with Crippen LogP contribution in [0.25, 0.3) is 10.2 Å². The van der Waals surface area contributed by atoms with Crippen molar-refractivity contribution >= 4 is 33.1 Å². The van der Waals surface area contributed by atoms with E-state index in [1.54, 1.807) is 11.3 Å². The maximum Gasteiger partial charge on any atom is 0.165 e. The third kappa shape index (κ3) is 1.35. The summed E-state index contributed by atoms with van der Waals surface area (Å²) in [6.45, 7) is 7.93. The minimum absolute atomic E-state index is 0.798. The van der Waals surface area contributed by atoms with Gasteiger partial charge in [-0.05, 0) is 31.9 Å². The maximum absolute atomic E-state index is 4.70. The molecule has 0 fully saturated rings. The normalized spacial score (nSPS) is 16.8. The number of thiophene rings is 1. The molecule has 0 unspecified atom stereocenters. The first-order valence-electron chi connectivity index (χ1n) is 6.31. The van der Waals surface area contributed by atoms with Crippen LogP contribution in [0.4, 0.5) is 5.69 Å². The van der Waals surface area contributed by atoms with Crippen molar-refractivity contribution in [3.05, 3.63) is 21.7 Å². The second-order valence-corrected chi connectivity index (χ2v) is 5.92. The first kappa shape index (κ1) is 11.0. The average Bonchev–Trinajstić information content (AvgIpc) is 2.98. The predicted molar refractivity (Wildman–Crippen MR) is 76.5 cm³/mol. The summed E-state index contributed by atoms with van der Waals surface area (Å²) >= 11 is 1.68. The molecule has 0 spiro atoms. The molecule has 0 saturated carbocycles. The standard InChI is InChI=1S/C13H13N5S/c1-6-7(2)9-10-11(19-13(9)15-8(6)3)12-14-4-5-18(12)17-16-10/h4-5H2,1-3H3. The Bertz CT molecular complexity index is 771. The molecule has 96 valence electrons. The Kier molecular flexibility index (Phi) is 2.09. The molecule has 2 aliphatic rings. The number of aromatic nitrogens is 1. The van der Waals surface area contributed by atoms with E-state index in [1.807, 2.05) is 5.01 Å². The van der Waals surface area contributed by atoms with E-state index in [2.05, 4.69) is 36.1 Å². The number of amidine groups is 1. The SMILES string of the molecule is Cc1nc2sc3c(c2c(C)c1C)N=NN1CCN=C31. The van der Waals surface area contributed by atoms with Gasteiger partial charge in [0.05, 0.1) is 13.1 Å². The van der Waals surface area contributed by atoms with E-state index in [1.165, 1.54) is 11.1 Å². The molecule has 0 atom stereocenters. The third-order valence-corrected chi connectivity index (χ3v) is 4.96. The minimum atomic E-state index is 0.798. The Morgan fingerprint density at radius 3 is 2.84 bits per heavy atom. The summed E-state index contributed by atoms with van der Waals surface area (Å²) in [6, 6.07) is 0. The van der Waals surface area contributed by atoms with E-state index in [-0.39, 0.29) is 0 Å². The monoisotopic (exact) mass is 271 g/mol. The molecule has 0 saturated heterocycles. The summed E-state index contributed by atoms with van der Waals surface area (Å²) in [7, 11) is 0. The molecule has 0 amide bonds. The van der Waals surface area contributed by atoms with Gasteiger partial charge in [-0.2, -0.15) is 0 Å². The van der Waals surface area contributed by atoms with Crippen molar-refractivity contribution in [2.75, 3.05) is 13.1 Å². The maximum atomic E-state index is 4.70. The third-order valence-electron chi connectivity index (χ3n) is 3.89. The highest BCUT2D eigenvalue weighted by Crippen LogP contribution is 2.43. The van der Waals surface area contributed by atoms with Crippen LogP contribution in [-0.2, 0) is 0 Å². The van der Waals surface area contributed by atoms with Gasteiger partial charge in [0.1, 0.15) is 15.4 Å². The molecule has 4 heterocycles. The molecule has 0 N–H and O–H groups in total. The van der Waals surface area contributed by atoms with Gasteiger partial charge in [0.25, 0.3) is 0 Å². The number of fused-ring (bicyclic) bond motifs is 5. The lowest BCUT2D eigenvalue weighted by atomic mass is 10.1. The molecular formula is C13H13N5S. The van der Waals surface area contributed by atoms with Gasteiger partial charge in [0.15, 0.2) is 5.84 Å². The number of aryl methyl sites for hydroxylation is 2. The fraction of sp³-hybridized carbons (Fsp3) is 0.385. The van der Waals surface area contributed by atoms with E-state index >= 15 is 0 Å². The van der Waals surface area contributed by atoms with E-state index < -0.39 is 0 Å². The molecule has 0 radical (unpaired) electrons. The van der Waals surface area contributed by atoms with Crippen LogP contribution in [0.1, 0.15) is 21.7 Å². The zero-order valence-corrected chi connectivity index (χ0v) is 11.9. The van der Waals surface area contributed by atoms with Gasteiger partial charge in [-0.25, -0.2) is 9.99 Å². The number of rotatable bonds is 0. The van der Waals surface area contributed by atoms with E-state index in [0.717, 1.165) is 45.4 Å². The van der Waals surface area contributed by atoms with Crippen LogP contribution in [0.5, 0.6) is 0 Å². The summed E-state index contributed by atoms with van der Waals surface area (Å²) in [5, 5.41) is 11.7. The number of pyridine rings is 1. The molecule has 0 aliphatic carbocycles. The van der Waals surface area contributed by atoms with Crippen LogP contribution < -0.4 is 0 Å². The quantitative estimate of drug-likeness (QED) is 0.738. The summed E-state index contributed by atoms with van der Waals surface area (Å²) < 4.78 is 0. The number of hydrogen-bond donors (Lipinski definition) is 0. The zero-order chi connectivity index (χ0) is 13.1. The lowest BCUT2D eigenvalue weighted by molar-refractivity contribution is 0.454. The van der Waals surface area contributed by atoms with Crippen molar-refractivity contribution in [1.82, 2.24) is 9.99 Å². The molecule has 2 aromatic rings. The van der Waals surface area contributed by atoms with Crippen LogP contribution >= 0.6 is 11.3 Å². The van der Waals surface area contributed by atoms with Gasteiger partial charge < -0.3 is 0 Å². The second kappa shape index (κ2) is 3.60. The summed E-state index contributed by atoms with van der Waals surface area (Å²) in [5.41, 5.74) is 4.53. The van der Waals surface area contributed by atoms with Crippen LogP contribution in [0.2, 0.25) is 0 Å². The Hall–Kier alpha value is -1.82. The number of hydrogen-bond acceptors (Lipinski definition) is 6. The van der Waals surface area contributed by atoms with Crippen molar-refractivity contribution in [2.24, 2.45) is 15.3 Å². The van der Waals surface area contributed by atoms with Crippen LogP contribution in [0.3, 0.4) is 0 Å². The van der Waals surface area contributed by atoms with Crippen LogP contribution in [0, 0.1) is 20.8 Å². The van der Waals surface area contributed by atoms with Crippen molar-refractivity contribution < 1.29 is 0 Å². The molecule has 0 aromatic carbocycles. The van der Waals surface area contributed by atoms with Gasteiger partial charge >= 0.3 is 0 Å². The second-order valence-electron chi connectivity index (χ2n) is 4.93. The van der Waals surface area contributed by atoms with Gasteiger partial charge in [0.2, 0.25) is 0 Å². The first-order valence-corrected chi connectivity index (χ1v) is 7.13. The Morgan fingerprint density at radius 1 is 1.16 bits per heavy atom. The fourth-order valence-corrected chi connectivity index (χ4v) is 3.81. The average molecular weight is 271 g/mol. The zero-order valence-electron chi connectivity index (χ0n) is 11.1. The Balaban J connectivity index is 2.11. The van der Waals surface area contributed by atoms with Crippen LogP contribution in [-0.4, -0.2) is 28.9 Å². The van der Waals surface area contributed by atoms with Gasteiger partial charge in [-0.1, -0.05) is 5.22 Å². The van der Waals surface area contributed by atoms with Crippen molar-refractivity contribution in [3.63, 3.8) is 0 Å². The highest BCUT2D eigenvalue weighted by molar-refractivity contribution is 7.21.